The molecule has 1 saturated heterocycles. The van der Waals surface area contributed by atoms with E-state index in [1.54, 1.807) is 35.1 Å². The van der Waals surface area contributed by atoms with Crippen molar-refractivity contribution >= 4 is 11.8 Å². The van der Waals surface area contributed by atoms with Gasteiger partial charge < -0.3 is 19.2 Å². The van der Waals surface area contributed by atoms with Gasteiger partial charge in [-0.25, -0.2) is 0 Å². The van der Waals surface area contributed by atoms with Crippen molar-refractivity contribution in [2.24, 2.45) is 0 Å². The third-order valence-electron chi connectivity index (χ3n) is 4.62. The first-order valence-corrected chi connectivity index (χ1v) is 10.1. The smallest absolute Gasteiger partial charge is 0.192 e. The van der Waals surface area contributed by atoms with Crippen molar-refractivity contribution in [2.75, 3.05) is 38.6 Å². The van der Waals surface area contributed by atoms with Gasteiger partial charge in [-0.3, -0.25) is 4.57 Å². The van der Waals surface area contributed by atoms with Crippen LogP contribution in [0.25, 0.3) is 11.4 Å². The van der Waals surface area contributed by atoms with Crippen LogP contribution in [-0.2, 0) is 11.3 Å². The molecule has 1 fully saturated rings. The maximum absolute atomic E-state index is 9.55. The Morgan fingerprint density at radius 3 is 2.67 bits per heavy atom. The first kappa shape index (κ1) is 18.1. The molecule has 0 bridgehead atoms. The molecule has 7 nitrogen and oxygen atoms in total. The van der Waals surface area contributed by atoms with Gasteiger partial charge in [-0.05, 0) is 36.4 Å². The van der Waals surface area contributed by atoms with Gasteiger partial charge in [-0.1, -0.05) is 11.8 Å². The average molecular weight is 387 g/mol. The molecule has 27 heavy (non-hydrogen) atoms. The van der Waals surface area contributed by atoms with E-state index in [0.717, 1.165) is 60.9 Å². The van der Waals surface area contributed by atoms with Crippen LogP contribution < -0.4 is 4.90 Å². The number of nitrogens with one attached hydrogen (secondary N) is 1. The number of hydrogen-bond donors (Lipinski definition) is 2. The van der Waals surface area contributed by atoms with Crippen molar-refractivity contribution in [2.45, 2.75) is 11.7 Å². The highest BCUT2D eigenvalue weighted by Gasteiger charge is 2.18. The monoisotopic (exact) mass is 387 g/mol. The lowest BCUT2D eigenvalue weighted by Gasteiger charge is -2.23. The molecule has 0 radical (unpaired) electrons. The van der Waals surface area contributed by atoms with Gasteiger partial charge >= 0.3 is 0 Å². The summed E-state index contributed by atoms with van der Waals surface area (Å²) < 4.78 is 13.0. The molecule has 2 aromatic heterocycles. The van der Waals surface area contributed by atoms with Crippen LogP contribution in [-0.4, -0.2) is 58.5 Å². The lowest BCUT2D eigenvalue weighted by molar-refractivity contribution is -0.905. The van der Waals surface area contributed by atoms with Crippen LogP contribution in [0, 0.1) is 0 Å². The number of quaternary nitrogens is 1. The minimum Gasteiger partial charge on any atom is -0.508 e. The summed E-state index contributed by atoms with van der Waals surface area (Å²) in [5, 5.41) is 19.2. The van der Waals surface area contributed by atoms with Crippen LogP contribution in [0.1, 0.15) is 5.76 Å². The summed E-state index contributed by atoms with van der Waals surface area (Å²) in [5.74, 6) is 2.84. The van der Waals surface area contributed by atoms with Gasteiger partial charge in [-0.15, -0.1) is 10.2 Å². The molecule has 142 valence electrons. The number of morpholine rings is 1. The van der Waals surface area contributed by atoms with Gasteiger partial charge in [0.05, 0.1) is 38.3 Å². The Morgan fingerprint density at radius 2 is 1.93 bits per heavy atom. The predicted molar refractivity (Wildman–Crippen MR) is 102 cm³/mol. The maximum Gasteiger partial charge on any atom is 0.192 e. The first-order chi connectivity index (χ1) is 13.3. The van der Waals surface area contributed by atoms with Gasteiger partial charge in [0.25, 0.3) is 0 Å². The lowest BCUT2D eigenvalue weighted by Crippen LogP contribution is -3.14. The Hall–Kier alpha value is -2.29. The molecule has 1 aromatic carbocycles. The number of rotatable bonds is 7. The van der Waals surface area contributed by atoms with Gasteiger partial charge in [0.2, 0.25) is 0 Å². The van der Waals surface area contributed by atoms with Crippen LogP contribution in [0.15, 0.2) is 52.2 Å². The van der Waals surface area contributed by atoms with E-state index in [4.69, 9.17) is 9.15 Å². The molecule has 8 heteroatoms. The minimum absolute atomic E-state index is 0.235. The predicted octanol–water partition coefficient (Wildman–Crippen LogP) is 1.30. The second-order valence-corrected chi connectivity index (χ2v) is 7.54. The molecule has 0 atom stereocenters. The molecule has 1 aliphatic rings. The molecule has 4 rings (SSSR count). The van der Waals surface area contributed by atoms with Crippen LogP contribution >= 0.6 is 11.8 Å². The highest BCUT2D eigenvalue weighted by atomic mass is 32.2. The third-order valence-corrected chi connectivity index (χ3v) is 5.59. The van der Waals surface area contributed by atoms with Gasteiger partial charge in [-0.2, -0.15) is 0 Å². The molecule has 0 aliphatic carbocycles. The number of benzene rings is 1. The zero-order chi connectivity index (χ0) is 18.5. The SMILES string of the molecule is Oc1ccc(-c2nnc(SCC[NH+]3CCOCC3)n2Cc2ccco2)cc1. The fourth-order valence-corrected chi connectivity index (χ4v) is 4.10. The zero-order valence-electron chi connectivity index (χ0n) is 15.0. The number of hydrogen-bond acceptors (Lipinski definition) is 6. The van der Waals surface area contributed by atoms with E-state index in [1.807, 2.05) is 24.3 Å². The largest absolute Gasteiger partial charge is 0.508 e. The quantitative estimate of drug-likeness (QED) is 0.595. The molecule has 0 amide bonds. The number of thioether (sulfide) groups is 1. The number of nitrogens with zero attached hydrogens (tertiary/aromatic N) is 3. The number of phenolic OH excluding ortho intramolecular Hbond substituents is 1. The second-order valence-electron chi connectivity index (χ2n) is 6.48. The first-order valence-electron chi connectivity index (χ1n) is 9.09. The van der Waals surface area contributed by atoms with E-state index in [9.17, 15) is 5.11 Å². The molecule has 1 aliphatic heterocycles. The standard InChI is InChI=1S/C19H22N4O3S/c24-16-5-3-15(4-6-16)18-20-21-19(23(18)14-17-2-1-10-26-17)27-13-9-22-7-11-25-12-8-22/h1-6,10,24H,7-9,11-14H2/p+1. The summed E-state index contributed by atoms with van der Waals surface area (Å²) in [4.78, 5) is 1.57. The highest BCUT2D eigenvalue weighted by molar-refractivity contribution is 7.99. The second kappa shape index (κ2) is 8.60. The molecule has 2 N–H and O–H groups in total. The summed E-state index contributed by atoms with van der Waals surface area (Å²) in [7, 11) is 0. The Labute approximate surface area is 162 Å². The zero-order valence-corrected chi connectivity index (χ0v) is 15.8. The topological polar surface area (TPSA) is 77.8 Å². The fourth-order valence-electron chi connectivity index (χ4n) is 3.12. The molecule has 0 saturated carbocycles. The van der Waals surface area contributed by atoms with Crippen molar-refractivity contribution < 1.29 is 19.2 Å². The van der Waals surface area contributed by atoms with Gasteiger partial charge in [0.1, 0.15) is 24.6 Å². The minimum atomic E-state index is 0.235. The summed E-state index contributed by atoms with van der Waals surface area (Å²) in [6.45, 7) is 5.48. The lowest BCUT2D eigenvalue weighted by atomic mass is 10.2. The van der Waals surface area contributed by atoms with E-state index < -0.39 is 0 Å². The van der Waals surface area contributed by atoms with Crippen molar-refractivity contribution in [1.29, 1.82) is 0 Å². The van der Waals surface area contributed by atoms with Crippen LogP contribution in [0.2, 0.25) is 0 Å². The summed E-state index contributed by atoms with van der Waals surface area (Å²) in [5.41, 5.74) is 0.914. The molecule has 0 unspecified atom stereocenters. The van der Waals surface area contributed by atoms with Gasteiger partial charge in [0.15, 0.2) is 11.0 Å². The van der Waals surface area contributed by atoms with E-state index in [2.05, 4.69) is 14.8 Å². The maximum atomic E-state index is 9.55. The number of furan rings is 1. The molecular formula is C19H23N4O3S+. The Balaban J connectivity index is 1.52. The summed E-state index contributed by atoms with van der Waals surface area (Å²) in [6.07, 6.45) is 1.68. The highest BCUT2D eigenvalue weighted by Crippen LogP contribution is 2.26. The molecular weight excluding hydrogens is 364 g/mol. The van der Waals surface area contributed by atoms with Crippen LogP contribution in [0.4, 0.5) is 0 Å². The van der Waals surface area contributed by atoms with E-state index >= 15 is 0 Å². The average Bonchev–Trinajstić information content (AvgIpc) is 3.34. The van der Waals surface area contributed by atoms with Crippen LogP contribution in [0.5, 0.6) is 5.75 Å². The summed E-state index contributed by atoms with van der Waals surface area (Å²) >= 11 is 1.72. The number of aromatic hydroxyl groups is 1. The normalized spacial score (nSPS) is 15.3. The van der Waals surface area contributed by atoms with E-state index in [-0.39, 0.29) is 5.75 Å². The van der Waals surface area contributed by atoms with E-state index in [0.29, 0.717) is 6.54 Å². The number of ether oxygens (including phenoxy) is 1. The molecule has 3 aromatic rings. The van der Waals surface area contributed by atoms with Gasteiger partial charge in [0, 0.05) is 5.56 Å². The van der Waals surface area contributed by atoms with E-state index in [1.165, 1.54) is 0 Å². The van der Waals surface area contributed by atoms with Crippen molar-refractivity contribution in [3.8, 4) is 17.1 Å². The third kappa shape index (κ3) is 4.52. The fraction of sp³-hybridized carbons (Fsp3) is 0.368. The van der Waals surface area contributed by atoms with Crippen molar-refractivity contribution in [3.05, 3.63) is 48.4 Å². The Bertz CT molecular complexity index is 842. The molecule has 0 spiro atoms. The Morgan fingerprint density at radius 1 is 1.11 bits per heavy atom. The number of phenols is 1. The van der Waals surface area contributed by atoms with Crippen LogP contribution in [0.3, 0.4) is 0 Å². The number of aromatic nitrogens is 3. The Kier molecular flexibility index (Phi) is 5.76. The summed E-state index contributed by atoms with van der Waals surface area (Å²) in [6, 6.07) is 10.9. The van der Waals surface area contributed by atoms with Crippen molar-refractivity contribution in [1.82, 2.24) is 14.8 Å². The molecule has 3 heterocycles. The van der Waals surface area contributed by atoms with Crippen molar-refractivity contribution in [3.63, 3.8) is 0 Å².